The molecular weight excluding hydrogens is 196 g/mol. The van der Waals surface area contributed by atoms with Gasteiger partial charge in [-0.2, -0.15) is 0 Å². The number of pyridine rings is 1. The van der Waals surface area contributed by atoms with Crippen molar-refractivity contribution in [1.82, 2.24) is 4.98 Å². The van der Waals surface area contributed by atoms with Crippen LogP contribution in [0.5, 0.6) is 5.75 Å². The average Bonchev–Trinajstić information content (AvgIpc) is 2.10. The Balaban J connectivity index is 3.39. The van der Waals surface area contributed by atoms with Crippen LogP contribution in [0.1, 0.15) is 25.0 Å². The number of H-pyrrole nitrogens is 1. The van der Waals surface area contributed by atoms with Crippen LogP contribution in [0.3, 0.4) is 0 Å². The van der Waals surface area contributed by atoms with Crippen LogP contribution >= 0.6 is 0 Å². The number of hydrogen-bond acceptors (Lipinski definition) is 4. The molecule has 5 heteroatoms. The highest BCUT2D eigenvalue weighted by atomic mass is 16.5. The lowest BCUT2D eigenvalue weighted by molar-refractivity contribution is -0.131. The average molecular weight is 208 g/mol. The first kappa shape index (κ1) is 11.2. The first-order chi connectivity index (χ1) is 6.93. The third kappa shape index (κ3) is 2.31. The summed E-state index contributed by atoms with van der Waals surface area (Å²) in [5.74, 6) is -0.268. The van der Waals surface area contributed by atoms with Gasteiger partial charge in [-0.3, -0.25) is 9.59 Å². The van der Waals surface area contributed by atoms with E-state index in [2.05, 4.69) is 4.98 Å². The number of esters is 1. The zero-order valence-electron chi connectivity index (χ0n) is 8.80. The first-order valence-electron chi connectivity index (χ1n) is 4.39. The summed E-state index contributed by atoms with van der Waals surface area (Å²) < 4.78 is 4.89. The van der Waals surface area contributed by atoms with Gasteiger partial charge in [-0.1, -0.05) is 0 Å². The zero-order valence-corrected chi connectivity index (χ0v) is 8.80. The maximum Gasteiger partial charge on any atom is 0.308 e. The van der Waals surface area contributed by atoms with Gasteiger partial charge in [0.15, 0.2) is 5.75 Å². The minimum atomic E-state index is -0.482. The Morgan fingerprint density at radius 3 is 2.53 bits per heavy atom. The molecule has 1 rings (SSSR count). The van der Waals surface area contributed by atoms with Crippen molar-refractivity contribution in [3.05, 3.63) is 27.7 Å². The number of ether oxygens (including phenoxy) is 1. The third-order valence-electron chi connectivity index (χ3n) is 1.93. The van der Waals surface area contributed by atoms with Crippen molar-refractivity contribution >= 4 is 11.7 Å². The molecule has 1 aromatic heterocycles. The number of rotatable bonds is 2. The number of carbonyl (C=O) groups is 1. The van der Waals surface area contributed by atoms with Gasteiger partial charge in [-0.05, 0) is 13.8 Å². The normalized spacial score (nSPS) is 9.80. The second kappa shape index (κ2) is 4.08. The fourth-order valence-electron chi connectivity index (χ4n) is 1.31. The van der Waals surface area contributed by atoms with Gasteiger partial charge in [0, 0.05) is 30.0 Å². The smallest absolute Gasteiger partial charge is 0.308 e. The molecule has 15 heavy (non-hydrogen) atoms. The molecular formula is C10H12N2O3. The summed E-state index contributed by atoms with van der Waals surface area (Å²) in [4.78, 5) is 24.5. The Bertz CT molecular complexity index is 474. The van der Waals surface area contributed by atoms with Crippen LogP contribution in [0, 0.1) is 12.3 Å². The van der Waals surface area contributed by atoms with Gasteiger partial charge < -0.3 is 15.1 Å². The van der Waals surface area contributed by atoms with E-state index in [0.717, 1.165) is 0 Å². The molecule has 0 unspecified atom stereocenters. The number of aromatic nitrogens is 1. The Kier molecular flexibility index (Phi) is 3.04. The van der Waals surface area contributed by atoms with E-state index in [4.69, 9.17) is 10.1 Å². The molecule has 0 aliphatic carbocycles. The molecule has 0 saturated carbocycles. The standard InChI is InChI=1S/C10H12N2O3/c1-5-9(6(2)11)8(15-7(3)13)4-12-10(5)14/h4,11H,1-3H3,(H,12,14). The third-order valence-corrected chi connectivity index (χ3v) is 1.93. The minimum absolute atomic E-state index is 0.190. The molecule has 0 fully saturated rings. The van der Waals surface area contributed by atoms with Crippen LogP contribution in [-0.2, 0) is 4.79 Å². The molecule has 1 aromatic rings. The van der Waals surface area contributed by atoms with Crippen molar-refractivity contribution < 1.29 is 9.53 Å². The van der Waals surface area contributed by atoms with Crippen LogP contribution in [-0.4, -0.2) is 16.7 Å². The van der Waals surface area contributed by atoms with Crippen molar-refractivity contribution in [3.63, 3.8) is 0 Å². The first-order valence-corrected chi connectivity index (χ1v) is 4.39. The van der Waals surface area contributed by atoms with Gasteiger partial charge in [0.05, 0.1) is 0 Å². The molecule has 0 bridgehead atoms. The topological polar surface area (TPSA) is 83.0 Å². The molecule has 0 spiro atoms. The maximum absolute atomic E-state index is 11.3. The lowest BCUT2D eigenvalue weighted by Gasteiger charge is -2.09. The SMILES string of the molecule is CC(=N)c1c(OC(C)=O)c[nH]c(=O)c1C. The lowest BCUT2D eigenvalue weighted by Crippen LogP contribution is -2.17. The maximum atomic E-state index is 11.3. The Hall–Kier alpha value is -1.91. The number of hydrogen-bond donors (Lipinski definition) is 2. The minimum Gasteiger partial charge on any atom is -0.424 e. The summed E-state index contributed by atoms with van der Waals surface area (Å²) in [6.07, 6.45) is 1.30. The molecule has 0 aliphatic heterocycles. The second-order valence-electron chi connectivity index (χ2n) is 3.20. The predicted octanol–water partition coefficient (Wildman–Crippen LogP) is 0.996. The van der Waals surface area contributed by atoms with Crippen LogP contribution in [0.15, 0.2) is 11.0 Å². The van der Waals surface area contributed by atoms with E-state index < -0.39 is 5.97 Å². The second-order valence-corrected chi connectivity index (χ2v) is 3.20. The lowest BCUT2D eigenvalue weighted by atomic mass is 10.1. The largest absolute Gasteiger partial charge is 0.424 e. The number of aromatic amines is 1. The quantitative estimate of drug-likeness (QED) is 0.561. The van der Waals surface area contributed by atoms with Crippen molar-refractivity contribution in [2.24, 2.45) is 0 Å². The monoisotopic (exact) mass is 208 g/mol. The van der Waals surface area contributed by atoms with Crippen molar-refractivity contribution in [3.8, 4) is 5.75 Å². The summed E-state index contributed by atoms with van der Waals surface area (Å²) in [5, 5.41) is 7.51. The van der Waals surface area contributed by atoms with Gasteiger partial charge in [-0.15, -0.1) is 0 Å². The number of carbonyl (C=O) groups excluding carboxylic acids is 1. The van der Waals surface area contributed by atoms with Crippen molar-refractivity contribution in [1.29, 1.82) is 5.41 Å². The van der Waals surface area contributed by atoms with Gasteiger partial charge in [0.2, 0.25) is 0 Å². The van der Waals surface area contributed by atoms with Crippen LogP contribution in [0.25, 0.3) is 0 Å². The van der Waals surface area contributed by atoms with Gasteiger partial charge in [0.1, 0.15) is 0 Å². The molecule has 0 aromatic carbocycles. The zero-order chi connectivity index (χ0) is 11.6. The summed E-state index contributed by atoms with van der Waals surface area (Å²) in [6.45, 7) is 4.39. The molecule has 0 aliphatic rings. The molecule has 80 valence electrons. The van der Waals surface area contributed by atoms with Gasteiger partial charge in [0.25, 0.3) is 5.56 Å². The van der Waals surface area contributed by atoms with Crippen molar-refractivity contribution in [2.75, 3.05) is 0 Å². The molecule has 0 atom stereocenters. The highest BCUT2D eigenvalue weighted by Crippen LogP contribution is 2.18. The summed E-state index contributed by atoms with van der Waals surface area (Å²) >= 11 is 0. The van der Waals surface area contributed by atoms with E-state index in [-0.39, 0.29) is 17.0 Å². The highest BCUT2D eigenvalue weighted by molar-refractivity contribution is 6.00. The molecule has 2 N–H and O–H groups in total. The van der Waals surface area contributed by atoms with E-state index in [1.807, 2.05) is 0 Å². The highest BCUT2D eigenvalue weighted by Gasteiger charge is 2.13. The van der Waals surface area contributed by atoms with E-state index in [9.17, 15) is 9.59 Å². The Morgan fingerprint density at radius 2 is 2.07 bits per heavy atom. The summed E-state index contributed by atoms with van der Waals surface area (Å²) in [6, 6.07) is 0. The van der Waals surface area contributed by atoms with E-state index in [0.29, 0.717) is 11.1 Å². The fraction of sp³-hybridized carbons (Fsp3) is 0.300. The Morgan fingerprint density at radius 1 is 1.47 bits per heavy atom. The predicted molar refractivity (Wildman–Crippen MR) is 55.6 cm³/mol. The van der Waals surface area contributed by atoms with E-state index in [1.54, 1.807) is 6.92 Å². The van der Waals surface area contributed by atoms with Gasteiger partial charge >= 0.3 is 5.97 Å². The molecule has 0 amide bonds. The fourth-order valence-corrected chi connectivity index (χ4v) is 1.31. The molecule has 5 nitrogen and oxygen atoms in total. The number of nitrogens with one attached hydrogen (secondary N) is 2. The van der Waals surface area contributed by atoms with Crippen LogP contribution < -0.4 is 10.3 Å². The Labute approximate surface area is 86.6 Å². The van der Waals surface area contributed by atoms with E-state index >= 15 is 0 Å². The molecule has 0 radical (unpaired) electrons. The molecule has 1 heterocycles. The van der Waals surface area contributed by atoms with Crippen LogP contribution in [0.2, 0.25) is 0 Å². The molecule has 0 saturated heterocycles. The van der Waals surface area contributed by atoms with Crippen LogP contribution in [0.4, 0.5) is 0 Å². The van der Waals surface area contributed by atoms with E-state index in [1.165, 1.54) is 20.0 Å². The summed E-state index contributed by atoms with van der Waals surface area (Å²) in [5.41, 5.74) is 0.651. The summed E-state index contributed by atoms with van der Waals surface area (Å²) in [7, 11) is 0. The van der Waals surface area contributed by atoms with Gasteiger partial charge in [-0.25, -0.2) is 0 Å². The van der Waals surface area contributed by atoms with Crippen molar-refractivity contribution in [2.45, 2.75) is 20.8 Å².